The molecule has 10 heteroatoms. The predicted octanol–water partition coefficient (Wildman–Crippen LogP) is 6.60. The molecular weight excluding hydrogens is 617 g/mol. The highest BCUT2D eigenvalue weighted by molar-refractivity contribution is 7.92. The third-order valence-electron chi connectivity index (χ3n) is 6.93. The molecule has 0 spiro atoms. The Morgan fingerprint density at radius 1 is 0.773 bits per heavy atom. The van der Waals surface area contributed by atoms with Gasteiger partial charge in [-0.15, -0.1) is 0 Å². The highest BCUT2D eigenvalue weighted by Gasteiger charge is 2.34. The van der Waals surface area contributed by atoms with Gasteiger partial charge in [-0.2, -0.15) is 0 Å². The van der Waals surface area contributed by atoms with Crippen molar-refractivity contribution >= 4 is 50.7 Å². The maximum Gasteiger partial charge on any atom is 0.264 e. The van der Waals surface area contributed by atoms with Crippen LogP contribution in [0.15, 0.2) is 114 Å². The molecule has 2 amide bonds. The summed E-state index contributed by atoms with van der Waals surface area (Å²) in [6, 6.07) is 29.9. The number of sulfonamides is 1. The third-order valence-corrected chi connectivity index (χ3v) is 9.20. The average Bonchev–Trinajstić information content (AvgIpc) is 3.01. The molecule has 1 N–H and O–H groups in total. The Balaban J connectivity index is 1.78. The van der Waals surface area contributed by atoms with Crippen LogP contribution in [0.25, 0.3) is 0 Å². The van der Waals surface area contributed by atoms with Crippen LogP contribution in [0, 0.1) is 5.92 Å². The summed E-state index contributed by atoms with van der Waals surface area (Å²) in [5.41, 5.74) is 1.87. The molecule has 0 saturated heterocycles. The second kappa shape index (κ2) is 15.2. The number of anilines is 1. The van der Waals surface area contributed by atoms with E-state index in [2.05, 4.69) is 5.32 Å². The van der Waals surface area contributed by atoms with Gasteiger partial charge in [0.2, 0.25) is 11.8 Å². The molecule has 4 rings (SSSR count). The molecule has 1 atom stereocenters. The van der Waals surface area contributed by atoms with Crippen molar-refractivity contribution in [2.24, 2.45) is 5.92 Å². The van der Waals surface area contributed by atoms with Crippen LogP contribution in [0.1, 0.15) is 25.0 Å². The number of halogens is 2. The summed E-state index contributed by atoms with van der Waals surface area (Å²) in [4.78, 5) is 29.6. The highest BCUT2D eigenvalue weighted by Crippen LogP contribution is 2.28. The molecule has 44 heavy (non-hydrogen) atoms. The summed E-state index contributed by atoms with van der Waals surface area (Å²) < 4.78 is 29.1. The zero-order valence-corrected chi connectivity index (χ0v) is 26.9. The van der Waals surface area contributed by atoms with E-state index < -0.39 is 28.5 Å². The fourth-order valence-corrected chi connectivity index (χ4v) is 6.37. The standard InChI is InChI=1S/C34H35Cl2N3O4S/c1-25(2)22-37-34(41)32(20-26-10-5-3-6-11-26)38(23-27-12-7-4-8-13-27)33(40)24-39(30-15-9-14-29(36)21-30)44(42,43)31-18-16-28(35)17-19-31/h3-19,21,25,32H,20,22-24H2,1-2H3,(H,37,41)/t32-/m1/s1. The van der Waals surface area contributed by atoms with Crippen LogP contribution in [0.5, 0.6) is 0 Å². The summed E-state index contributed by atoms with van der Waals surface area (Å²) in [5.74, 6) is -0.675. The Bertz CT molecular complexity index is 1650. The van der Waals surface area contributed by atoms with Gasteiger partial charge in [0.05, 0.1) is 10.6 Å². The van der Waals surface area contributed by atoms with Crippen molar-refractivity contribution in [2.75, 3.05) is 17.4 Å². The van der Waals surface area contributed by atoms with Gasteiger partial charge in [0, 0.05) is 29.6 Å². The molecule has 0 heterocycles. The summed E-state index contributed by atoms with van der Waals surface area (Å²) in [6.07, 6.45) is 0.241. The zero-order valence-electron chi connectivity index (χ0n) is 24.6. The molecular formula is C34H35Cl2N3O4S. The molecule has 0 fully saturated rings. The first-order valence-corrected chi connectivity index (χ1v) is 16.4. The van der Waals surface area contributed by atoms with Crippen molar-refractivity contribution in [3.8, 4) is 0 Å². The molecule has 0 unspecified atom stereocenters. The van der Waals surface area contributed by atoms with Crippen LogP contribution in [0.4, 0.5) is 5.69 Å². The van der Waals surface area contributed by atoms with E-state index in [0.717, 1.165) is 15.4 Å². The molecule has 4 aromatic carbocycles. The topological polar surface area (TPSA) is 86.8 Å². The van der Waals surface area contributed by atoms with E-state index in [1.807, 2.05) is 74.5 Å². The molecule has 0 radical (unpaired) electrons. The van der Waals surface area contributed by atoms with Gasteiger partial charge in [0.1, 0.15) is 12.6 Å². The van der Waals surface area contributed by atoms with Crippen molar-refractivity contribution in [3.63, 3.8) is 0 Å². The number of carbonyl (C=O) groups is 2. The maximum absolute atomic E-state index is 14.4. The van der Waals surface area contributed by atoms with Crippen LogP contribution in [0.2, 0.25) is 10.0 Å². The largest absolute Gasteiger partial charge is 0.354 e. The fraction of sp³-hybridized carbons (Fsp3) is 0.235. The first-order valence-electron chi connectivity index (χ1n) is 14.2. The van der Waals surface area contributed by atoms with E-state index >= 15 is 0 Å². The lowest BCUT2D eigenvalue weighted by Crippen LogP contribution is -2.53. The Morgan fingerprint density at radius 2 is 1.39 bits per heavy atom. The molecule has 230 valence electrons. The smallest absolute Gasteiger partial charge is 0.264 e. The van der Waals surface area contributed by atoms with Gasteiger partial charge in [-0.3, -0.25) is 13.9 Å². The number of nitrogens with zero attached hydrogens (tertiary/aromatic N) is 2. The van der Waals surface area contributed by atoms with Crippen molar-refractivity contribution in [3.05, 3.63) is 130 Å². The number of nitrogens with one attached hydrogen (secondary N) is 1. The van der Waals surface area contributed by atoms with Crippen molar-refractivity contribution in [1.82, 2.24) is 10.2 Å². The summed E-state index contributed by atoms with van der Waals surface area (Å²) in [5, 5.41) is 3.67. The molecule has 7 nitrogen and oxygen atoms in total. The zero-order chi connectivity index (χ0) is 31.7. The highest BCUT2D eigenvalue weighted by atomic mass is 35.5. The first-order chi connectivity index (χ1) is 21.0. The predicted molar refractivity (Wildman–Crippen MR) is 176 cm³/mol. The lowest BCUT2D eigenvalue weighted by atomic mass is 10.0. The summed E-state index contributed by atoms with van der Waals surface area (Å²) >= 11 is 12.3. The van der Waals surface area contributed by atoms with Crippen LogP contribution >= 0.6 is 23.2 Å². The summed E-state index contributed by atoms with van der Waals surface area (Å²) in [6.45, 7) is 3.93. The molecule has 0 aliphatic carbocycles. The quantitative estimate of drug-likeness (QED) is 0.176. The molecule has 0 saturated carbocycles. The van der Waals surface area contributed by atoms with E-state index in [0.29, 0.717) is 16.6 Å². The van der Waals surface area contributed by atoms with Crippen LogP contribution in [-0.4, -0.2) is 44.3 Å². The molecule has 0 bridgehead atoms. The normalized spacial score (nSPS) is 12.0. The Labute approximate surface area is 269 Å². The minimum absolute atomic E-state index is 0.0419. The Morgan fingerprint density at radius 3 is 1.98 bits per heavy atom. The summed E-state index contributed by atoms with van der Waals surface area (Å²) in [7, 11) is -4.25. The minimum atomic E-state index is -4.25. The molecule has 4 aromatic rings. The minimum Gasteiger partial charge on any atom is -0.354 e. The van der Waals surface area contributed by atoms with Gasteiger partial charge in [-0.1, -0.05) is 104 Å². The molecule has 0 aliphatic rings. The van der Waals surface area contributed by atoms with Crippen molar-refractivity contribution in [1.29, 1.82) is 0 Å². The van der Waals surface area contributed by atoms with Gasteiger partial charge in [-0.05, 0) is 59.5 Å². The lowest BCUT2D eigenvalue weighted by Gasteiger charge is -2.34. The average molecular weight is 653 g/mol. The second-order valence-electron chi connectivity index (χ2n) is 10.8. The van der Waals surface area contributed by atoms with E-state index in [1.165, 1.54) is 35.2 Å². The van der Waals surface area contributed by atoms with E-state index in [9.17, 15) is 18.0 Å². The van der Waals surface area contributed by atoms with E-state index in [1.54, 1.807) is 18.2 Å². The Kier molecular flexibility index (Phi) is 11.4. The van der Waals surface area contributed by atoms with E-state index in [-0.39, 0.29) is 35.4 Å². The fourth-order valence-electron chi connectivity index (χ4n) is 4.65. The number of benzene rings is 4. The SMILES string of the molecule is CC(C)CNC(=O)[C@@H](Cc1ccccc1)N(Cc1ccccc1)C(=O)CN(c1cccc(Cl)c1)S(=O)(=O)c1ccc(Cl)cc1. The van der Waals surface area contributed by atoms with Crippen LogP contribution < -0.4 is 9.62 Å². The third kappa shape index (κ3) is 8.85. The van der Waals surface area contributed by atoms with Crippen LogP contribution in [-0.2, 0) is 32.6 Å². The number of hydrogen-bond donors (Lipinski definition) is 1. The second-order valence-corrected chi connectivity index (χ2v) is 13.5. The number of carbonyl (C=O) groups excluding carboxylic acids is 2. The molecule has 0 aromatic heterocycles. The van der Waals surface area contributed by atoms with Gasteiger partial charge < -0.3 is 10.2 Å². The molecule has 0 aliphatic heterocycles. The lowest BCUT2D eigenvalue weighted by molar-refractivity contribution is -0.140. The van der Waals surface area contributed by atoms with Gasteiger partial charge in [-0.25, -0.2) is 8.42 Å². The monoisotopic (exact) mass is 651 g/mol. The van der Waals surface area contributed by atoms with Crippen molar-refractivity contribution in [2.45, 2.75) is 37.8 Å². The number of hydrogen-bond acceptors (Lipinski definition) is 4. The number of rotatable bonds is 13. The van der Waals surface area contributed by atoms with Gasteiger partial charge in [0.25, 0.3) is 10.0 Å². The van der Waals surface area contributed by atoms with Crippen LogP contribution in [0.3, 0.4) is 0 Å². The maximum atomic E-state index is 14.4. The first kappa shape index (κ1) is 33.1. The van der Waals surface area contributed by atoms with Gasteiger partial charge in [0.15, 0.2) is 0 Å². The van der Waals surface area contributed by atoms with Crippen molar-refractivity contribution < 1.29 is 18.0 Å². The van der Waals surface area contributed by atoms with Gasteiger partial charge >= 0.3 is 0 Å². The number of amides is 2. The Hall–Kier alpha value is -3.85. The van der Waals surface area contributed by atoms with E-state index in [4.69, 9.17) is 23.2 Å².